The molecule has 0 aromatic heterocycles. The summed E-state index contributed by atoms with van der Waals surface area (Å²) in [6.45, 7) is 2.09. The summed E-state index contributed by atoms with van der Waals surface area (Å²) in [4.78, 5) is 12.8. The minimum Gasteiger partial charge on any atom is -0.504 e. The number of carbonyl (C=O) groups is 1. The fourth-order valence-corrected chi connectivity index (χ4v) is 7.31. The summed E-state index contributed by atoms with van der Waals surface area (Å²) in [5.41, 5.74) is 0.488. The van der Waals surface area contributed by atoms with Crippen molar-refractivity contribution in [1.82, 2.24) is 0 Å². The number of aliphatic hydroxyl groups is 1. The van der Waals surface area contributed by atoms with E-state index in [2.05, 4.69) is 7.05 Å². The maximum atomic E-state index is 12.8. The maximum absolute atomic E-state index is 12.8. The number of likely N-dealkylation sites (N-methyl/N-ethyl adjacent to an activating group) is 1. The molecule has 2 heterocycles. The van der Waals surface area contributed by atoms with Gasteiger partial charge in [0.25, 0.3) is 0 Å². The predicted molar refractivity (Wildman–Crippen MR) is 98.8 cm³/mol. The van der Waals surface area contributed by atoms with Crippen molar-refractivity contribution in [3.05, 3.63) is 23.3 Å². The Morgan fingerprint density at radius 3 is 2.85 bits per heavy atom. The minimum absolute atomic E-state index is 0.0805. The Morgan fingerprint density at radius 2 is 2.11 bits per heavy atom. The highest BCUT2D eigenvalue weighted by molar-refractivity contribution is 5.90. The van der Waals surface area contributed by atoms with Crippen LogP contribution in [0.1, 0.15) is 49.7 Å². The Morgan fingerprint density at radius 1 is 1.30 bits per heavy atom. The van der Waals surface area contributed by atoms with Gasteiger partial charge in [-0.3, -0.25) is 4.79 Å². The molecule has 5 aliphatic rings. The topological polar surface area (TPSA) is 66.8 Å². The molecular formula is C22H28NO4+. The molecule has 1 spiro atoms. The number of nitrogens with zero attached hydrogens (tertiary/aromatic N) is 1. The van der Waals surface area contributed by atoms with Crippen LogP contribution in [-0.2, 0) is 16.6 Å². The first-order valence-electron chi connectivity index (χ1n) is 10.5. The molecule has 2 unspecified atom stereocenters. The van der Waals surface area contributed by atoms with Crippen molar-refractivity contribution in [3.8, 4) is 11.5 Å². The van der Waals surface area contributed by atoms with Gasteiger partial charge in [-0.2, -0.15) is 0 Å². The van der Waals surface area contributed by atoms with Gasteiger partial charge in [-0.25, -0.2) is 0 Å². The van der Waals surface area contributed by atoms with Gasteiger partial charge in [-0.1, -0.05) is 12.5 Å². The number of piperidine rings is 1. The molecule has 6 rings (SSSR count). The highest BCUT2D eigenvalue weighted by Crippen LogP contribution is 2.65. The van der Waals surface area contributed by atoms with Gasteiger partial charge < -0.3 is 19.4 Å². The van der Waals surface area contributed by atoms with Crippen LogP contribution in [-0.4, -0.2) is 58.4 Å². The third-order valence-electron chi connectivity index (χ3n) is 8.80. The molecule has 2 bridgehead atoms. The van der Waals surface area contributed by atoms with E-state index in [0.717, 1.165) is 47.5 Å². The summed E-state index contributed by atoms with van der Waals surface area (Å²) in [6, 6.07) is 3.78. The van der Waals surface area contributed by atoms with E-state index in [4.69, 9.17) is 4.74 Å². The number of rotatable bonds is 2. The number of ether oxygens (including phenoxy) is 1. The molecule has 0 radical (unpaired) electrons. The number of quaternary nitrogens is 1. The van der Waals surface area contributed by atoms with Crippen molar-refractivity contribution in [1.29, 1.82) is 0 Å². The largest absolute Gasteiger partial charge is 0.504 e. The lowest BCUT2D eigenvalue weighted by atomic mass is 9.48. The van der Waals surface area contributed by atoms with Gasteiger partial charge in [0, 0.05) is 30.7 Å². The van der Waals surface area contributed by atoms with Crippen LogP contribution in [0.3, 0.4) is 0 Å². The fourth-order valence-electron chi connectivity index (χ4n) is 7.31. The Balaban J connectivity index is 1.56. The molecule has 27 heavy (non-hydrogen) atoms. The first-order valence-corrected chi connectivity index (χ1v) is 10.5. The van der Waals surface area contributed by atoms with Crippen molar-refractivity contribution in [3.63, 3.8) is 0 Å². The predicted octanol–water partition coefficient (Wildman–Crippen LogP) is 2.06. The standard InChI is InChI=1S/C22H27NO4/c1-23(12-13-3-2-4-13)10-9-21-18-14-5-6-15(24)19(18)27-20(21)16(25)7-8-22(21,26)17(23)11-14/h5-6,13,17,20,26H,2-4,7-12H2,1H3/p+1/t17-,20+,21+,22?,23?/m1/s1. The minimum atomic E-state index is -0.936. The van der Waals surface area contributed by atoms with E-state index in [-0.39, 0.29) is 17.6 Å². The number of phenols is 1. The van der Waals surface area contributed by atoms with Crippen molar-refractivity contribution in [2.24, 2.45) is 5.92 Å². The second-order valence-electron chi connectivity index (χ2n) is 9.96. The van der Waals surface area contributed by atoms with Gasteiger partial charge in [-0.15, -0.1) is 0 Å². The number of likely N-dealkylation sites (tertiary alicyclic amines) is 1. The molecule has 5 heteroatoms. The van der Waals surface area contributed by atoms with Crippen molar-refractivity contribution in [2.45, 2.75) is 68.1 Å². The van der Waals surface area contributed by atoms with E-state index in [1.165, 1.54) is 19.3 Å². The first-order chi connectivity index (χ1) is 12.9. The SMILES string of the molecule is C[N+]1(CC2CCC2)CC[C@]23c4c5ccc(O)c4O[C@H]2C(=O)CCC3(O)[C@H]1C5. The van der Waals surface area contributed by atoms with Crippen molar-refractivity contribution < 1.29 is 24.2 Å². The lowest BCUT2D eigenvalue weighted by molar-refractivity contribution is -0.952. The molecule has 1 aromatic rings. The van der Waals surface area contributed by atoms with E-state index < -0.39 is 17.1 Å². The zero-order valence-electron chi connectivity index (χ0n) is 15.9. The zero-order valence-corrected chi connectivity index (χ0v) is 15.9. The van der Waals surface area contributed by atoms with Crippen LogP contribution in [0.15, 0.2) is 12.1 Å². The average molecular weight is 370 g/mol. The average Bonchev–Trinajstić information content (AvgIpc) is 2.97. The molecule has 1 saturated heterocycles. The first kappa shape index (κ1) is 16.4. The Bertz CT molecular complexity index is 864. The van der Waals surface area contributed by atoms with Crippen LogP contribution in [0.5, 0.6) is 11.5 Å². The molecule has 5 nitrogen and oxygen atoms in total. The zero-order chi connectivity index (χ0) is 18.6. The number of hydrogen-bond donors (Lipinski definition) is 2. The van der Waals surface area contributed by atoms with Crippen LogP contribution in [0, 0.1) is 5.92 Å². The van der Waals surface area contributed by atoms with Crippen LogP contribution in [0.4, 0.5) is 0 Å². The van der Waals surface area contributed by atoms with Crippen molar-refractivity contribution in [2.75, 3.05) is 20.1 Å². The highest BCUT2D eigenvalue weighted by atomic mass is 16.5. The van der Waals surface area contributed by atoms with Gasteiger partial charge in [0.1, 0.15) is 11.6 Å². The van der Waals surface area contributed by atoms with Crippen LogP contribution < -0.4 is 4.74 Å². The number of Topliss-reactive ketones (excluding diaryl/α,β-unsaturated/α-hetero) is 1. The molecule has 0 amide bonds. The third kappa shape index (κ3) is 1.72. The summed E-state index contributed by atoms with van der Waals surface area (Å²) in [7, 11) is 2.32. The Kier molecular flexibility index (Phi) is 2.95. The van der Waals surface area contributed by atoms with Crippen LogP contribution in [0.25, 0.3) is 0 Å². The molecule has 2 N–H and O–H groups in total. The second kappa shape index (κ2) is 4.87. The lowest BCUT2D eigenvalue weighted by Gasteiger charge is -2.64. The number of phenolic OH excluding ortho intramolecular Hbond substituents is 1. The summed E-state index contributed by atoms with van der Waals surface area (Å²) < 4.78 is 7.00. The smallest absolute Gasteiger partial charge is 0.174 e. The summed E-state index contributed by atoms with van der Waals surface area (Å²) in [5, 5.41) is 22.6. The molecule has 2 aliphatic heterocycles. The fraction of sp³-hybridized carbons (Fsp3) is 0.682. The molecule has 1 aromatic carbocycles. The summed E-state index contributed by atoms with van der Waals surface area (Å²) in [5.74, 6) is 1.41. The number of ketones is 1. The van der Waals surface area contributed by atoms with Gasteiger partial charge in [0.2, 0.25) is 0 Å². The monoisotopic (exact) mass is 370 g/mol. The number of benzene rings is 1. The summed E-state index contributed by atoms with van der Waals surface area (Å²) >= 11 is 0. The Labute approximate surface area is 159 Å². The van der Waals surface area contributed by atoms with E-state index in [0.29, 0.717) is 18.6 Å². The van der Waals surface area contributed by atoms with E-state index in [1.807, 2.05) is 6.07 Å². The number of hydrogen-bond acceptors (Lipinski definition) is 4. The van der Waals surface area contributed by atoms with Crippen molar-refractivity contribution >= 4 is 5.78 Å². The van der Waals surface area contributed by atoms with Crippen LogP contribution >= 0.6 is 0 Å². The number of carbonyl (C=O) groups excluding carboxylic acids is 1. The van der Waals surface area contributed by atoms with Gasteiger partial charge in [0.05, 0.1) is 25.6 Å². The van der Waals surface area contributed by atoms with E-state index in [1.54, 1.807) is 6.07 Å². The maximum Gasteiger partial charge on any atom is 0.174 e. The molecule has 2 saturated carbocycles. The quantitative estimate of drug-likeness (QED) is 0.782. The molecule has 3 fully saturated rings. The molecule has 3 aliphatic carbocycles. The lowest BCUT2D eigenvalue weighted by Crippen LogP contribution is -2.81. The second-order valence-corrected chi connectivity index (χ2v) is 9.96. The Hall–Kier alpha value is -1.59. The van der Waals surface area contributed by atoms with Gasteiger partial charge in [0.15, 0.2) is 23.4 Å². The molecule has 5 atom stereocenters. The third-order valence-corrected chi connectivity index (χ3v) is 8.80. The molecule has 144 valence electrons. The van der Waals surface area contributed by atoms with E-state index in [9.17, 15) is 15.0 Å². The highest BCUT2D eigenvalue weighted by Gasteiger charge is 2.76. The molecular weight excluding hydrogens is 342 g/mol. The number of aromatic hydroxyl groups is 1. The normalized spacial score (nSPS) is 44.4. The van der Waals surface area contributed by atoms with Gasteiger partial charge >= 0.3 is 0 Å². The van der Waals surface area contributed by atoms with Crippen LogP contribution in [0.2, 0.25) is 0 Å². The summed E-state index contributed by atoms with van der Waals surface area (Å²) in [6.07, 6.45) is 5.75. The van der Waals surface area contributed by atoms with E-state index >= 15 is 0 Å². The van der Waals surface area contributed by atoms with Gasteiger partial charge in [-0.05, 0) is 30.9 Å².